The highest BCUT2D eigenvalue weighted by Crippen LogP contribution is 2.25. The molecule has 2 amide bonds. The Labute approximate surface area is 130 Å². The Morgan fingerprint density at radius 3 is 2.90 bits per heavy atom. The van der Waals surface area contributed by atoms with Crippen LogP contribution in [0.3, 0.4) is 0 Å². The van der Waals surface area contributed by atoms with E-state index in [-0.39, 0.29) is 6.61 Å². The molecule has 21 heavy (non-hydrogen) atoms. The number of methoxy groups -OCH3 is 1. The van der Waals surface area contributed by atoms with Gasteiger partial charge in [0.05, 0.1) is 13.7 Å². The van der Waals surface area contributed by atoms with Gasteiger partial charge in [-0.2, -0.15) is 0 Å². The molecule has 0 aliphatic carbocycles. The molecule has 1 aromatic carbocycles. The molecule has 0 fully saturated rings. The van der Waals surface area contributed by atoms with Crippen molar-refractivity contribution in [1.29, 1.82) is 0 Å². The molecule has 1 aromatic heterocycles. The van der Waals surface area contributed by atoms with Crippen molar-refractivity contribution in [3.8, 4) is 5.88 Å². The fourth-order valence-corrected chi connectivity index (χ4v) is 2.21. The minimum absolute atomic E-state index is 0.180. The second-order valence-corrected chi connectivity index (χ2v) is 4.94. The Balaban J connectivity index is 2.10. The number of carbonyl (C=O) groups is 1. The molecule has 1 heterocycles. The summed E-state index contributed by atoms with van der Waals surface area (Å²) in [4.78, 5) is 15.9. The number of aliphatic hydroxyl groups is 1. The molecule has 0 saturated heterocycles. The molecule has 3 N–H and O–H groups in total. The van der Waals surface area contributed by atoms with Gasteiger partial charge in [-0.3, -0.25) is 0 Å². The molecular formula is C14H14BrN3O3. The molecule has 0 bridgehead atoms. The Morgan fingerprint density at radius 1 is 1.38 bits per heavy atom. The molecule has 2 aromatic rings. The first-order chi connectivity index (χ1) is 10.1. The van der Waals surface area contributed by atoms with Crippen LogP contribution >= 0.6 is 15.9 Å². The number of pyridine rings is 1. The van der Waals surface area contributed by atoms with Crippen molar-refractivity contribution < 1.29 is 14.6 Å². The van der Waals surface area contributed by atoms with Crippen molar-refractivity contribution in [2.45, 2.75) is 6.61 Å². The second-order valence-electron chi connectivity index (χ2n) is 4.09. The number of aromatic nitrogens is 1. The van der Waals surface area contributed by atoms with Crippen LogP contribution in [0.2, 0.25) is 0 Å². The topological polar surface area (TPSA) is 83.5 Å². The lowest BCUT2D eigenvalue weighted by molar-refractivity contribution is 0.262. The number of nitrogens with zero attached hydrogens (tertiary/aromatic N) is 1. The summed E-state index contributed by atoms with van der Waals surface area (Å²) in [5.74, 6) is 0.409. The molecule has 0 saturated carbocycles. The molecule has 0 unspecified atom stereocenters. The second kappa shape index (κ2) is 7.05. The fraction of sp³-hybridized carbons (Fsp3) is 0.143. The first-order valence-electron chi connectivity index (χ1n) is 6.10. The highest BCUT2D eigenvalue weighted by Gasteiger charge is 2.09. The predicted octanol–water partition coefficient (Wildman–Crippen LogP) is 2.99. The number of rotatable bonds is 4. The van der Waals surface area contributed by atoms with E-state index in [1.54, 1.807) is 30.3 Å². The summed E-state index contributed by atoms with van der Waals surface area (Å²) in [5, 5.41) is 14.7. The van der Waals surface area contributed by atoms with Crippen LogP contribution in [-0.2, 0) is 6.61 Å². The summed E-state index contributed by atoms with van der Waals surface area (Å²) in [6.07, 6.45) is 1.53. The van der Waals surface area contributed by atoms with Crippen LogP contribution in [0.4, 0.5) is 16.2 Å². The number of aliphatic hydroxyl groups excluding tert-OH is 1. The van der Waals surface area contributed by atoms with E-state index in [0.717, 1.165) is 4.47 Å². The Bertz CT molecular complexity index is 649. The van der Waals surface area contributed by atoms with E-state index < -0.39 is 6.03 Å². The van der Waals surface area contributed by atoms with Gasteiger partial charge in [-0.05, 0) is 18.2 Å². The van der Waals surface area contributed by atoms with Crippen LogP contribution in [0.1, 0.15) is 5.56 Å². The molecule has 2 rings (SSSR count). The van der Waals surface area contributed by atoms with E-state index in [0.29, 0.717) is 22.8 Å². The van der Waals surface area contributed by atoms with Gasteiger partial charge in [0.2, 0.25) is 5.88 Å². The minimum Gasteiger partial charge on any atom is -0.481 e. The number of carbonyl (C=O) groups excluding carboxylic acids is 1. The van der Waals surface area contributed by atoms with Gasteiger partial charge in [-0.1, -0.05) is 22.0 Å². The highest BCUT2D eigenvalue weighted by atomic mass is 79.9. The first-order valence-corrected chi connectivity index (χ1v) is 6.89. The number of hydrogen-bond acceptors (Lipinski definition) is 4. The number of anilines is 2. The zero-order chi connectivity index (χ0) is 15.2. The molecule has 6 nitrogen and oxygen atoms in total. The fourth-order valence-electron chi connectivity index (χ4n) is 1.72. The summed E-state index contributed by atoms with van der Waals surface area (Å²) in [7, 11) is 1.50. The number of nitrogens with one attached hydrogen (secondary N) is 2. The Morgan fingerprint density at radius 2 is 2.19 bits per heavy atom. The number of benzene rings is 1. The van der Waals surface area contributed by atoms with E-state index in [4.69, 9.17) is 4.74 Å². The maximum absolute atomic E-state index is 12.0. The Kier molecular flexibility index (Phi) is 5.13. The van der Waals surface area contributed by atoms with Crippen molar-refractivity contribution in [2.24, 2.45) is 0 Å². The van der Waals surface area contributed by atoms with Crippen molar-refractivity contribution in [3.05, 3.63) is 46.6 Å². The van der Waals surface area contributed by atoms with Crippen molar-refractivity contribution in [1.82, 2.24) is 4.98 Å². The smallest absolute Gasteiger partial charge is 0.323 e. The lowest BCUT2D eigenvalue weighted by Gasteiger charge is -2.12. The molecule has 110 valence electrons. The lowest BCUT2D eigenvalue weighted by Crippen LogP contribution is -2.20. The SMILES string of the molecule is COc1cc(NC(=O)Nc2cccc(Br)c2CO)ccn1. The molecule has 0 spiro atoms. The van der Waals surface area contributed by atoms with Crippen LogP contribution in [0.5, 0.6) is 5.88 Å². The average Bonchev–Trinajstić information content (AvgIpc) is 2.47. The minimum atomic E-state index is -0.420. The molecule has 7 heteroatoms. The van der Waals surface area contributed by atoms with Crippen LogP contribution in [0.15, 0.2) is 41.0 Å². The van der Waals surface area contributed by atoms with Crippen LogP contribution in [0.25, 0.3) is 0 Å². The summed E-state index contributed by atoms with van der Waals surface area (Å²) < 4.78 is 5.71. The monoisotopic (exact) mass is 351 g/mol. The van der Waals surface area contributed by atoms with Crippen LogP contribution in [0, 0.1) is 0 Å². The Hall–Kier alpha value is -2.12. The summed E-state index contributed by atoms with van der Waals surface area (Å²) in [6, 6.07) is 8.11. The van der Waals surface area contributed by atoms with Gasteiger partial charge in [0.25, 0.3) is 0 Å². The zero-order valence-electron chi connectivity index (χ0n) is 11.3. The summed E-state index contributed by atoms with van der Waals surface area (Å²) >= 11 is 3.33. The van der Waals surface area contributed by atoms with Gasteiger partial charge >= 0.3 is 6.03 Å². The van der Waals surface area contributed by atoms with E-state index >= 15 is 0 Å². The third-order valence-corrected chi connectivity index (χ3v) is 3.47. The highest BCUT2D eigenvalue weighted by molar-refractivity contribution is 9.10. The van der Waals surface area contributed by atoms with Crippen LogP contribution < -0.4 is 15.4 Å². The normalized spacial score (nSPS) is 10.0. The largest absolute Gasteiger partial charge is 0.481 e. The van der Waals surface area contributed by atoms with E-state index in [9.17, 15) is 9.90 Å². The number of urea groups is 1. The average molecular weight is 352 g/mol. The maximum Gasteiger partial charge on any atom is 0.323 e. The van der Waals surface area contributed by atoms with E-state index in [1.165, 1.54) is 13.3 Å². The van der Waals surface area contributed by atoms with Gasteiger partial charge in [0.1, 0.15) is 0 Å². The third-order valence-electron chi connectivity index (χ3n) is 2.73. The molecular weight excluding hydrogens is 338 g/mol. The van der Waals surface area contributed by atoms with E-state index in [2.05, 4.69) is 31.5 Å². The molecule has 0 aliphatic rings. The van der Waals surface area contributed by atoms with Gasteiger partial charge in [0.15, 0.2) is 0 Å². The van der Waals surface area contributed by atoms with Gasteiger partial charge in [0, 0.05) is 33.7 Å². The zero-order valence-corrected chi connectivity index (χ0v) is 12.8. The van der Waals surface area contributed by atoms with Crippen molar-refractivity contribution in [2.75, 3.05) is 17.7 Å². The summed E-state index contributed by atoms with van der Waals surface area (Å²) in [5.41, 5.74) is 1.70. The van der Waals surface area contributed by atoms with Crippen LogP contribution in [-0.4, -0.2) is 23.2 Å². The van der Waals surface area contributed by atoms with E-state index in [1.807, 2.05) is 0 Å². The molecule has 0 aliphatic heterocycles. The number of ether oxygens (including phenoxy) is 1. The van der Waals surface area contributed by atoms with Gasteiger partial charge in [-0.15, -0.1) is 0 Å². The summed E-state index contributed by atoms with van der Waals surface area (Å²) in [6.45, 7) is -0.180. The number of amides is 2. The number of hydrogen-bond donors (Lipinski definition) is 3. The molecule has 0 atom stereocenters. The number of halogens is 1. The quantitative estimate of drug-likeness (QED) is 0.790. The van der Waals surface area contributed by atoms with Gasteiger partial charge in [-0.25, -0.2) is 9.78 Å². The van der Waals surface area contributed by atoms with Crippen molar-refractivity contribution in [3.63, 3.8) is 0 Å². The standard InChI is InChI=1S/C14H14BrN3O3/c1-21-13-7-9(5-6-16-13)17-14(20)18-12-4-2-3-11(15)10(12)8-19/h2-7,19H,8H2,1H3,(H2,16,17,18,20). The van der Waals surface area contributed by atoms with Crippen molar-refractivity contribution >= 4 is 33.3 Å². The van der Waals surface area contributed by atoms with Gasteiger partial charge < -0.3 is 20.5 Å². The predicted molar refractivity (Wildman–Crippen MR) is 83.5 cm³/mol. The molecule has 0 radical (unpaired) electrons. The third kappa shape index (κ3) is 3.93. The first kappa shape index (κ1) is 15.3. The maximum atomic E-state index is 12.0. The lowest BCUT2D eigenvalue weighted by atomic mass is 10.2.